The van der Waals surface area contributed by atoms with Crippen molar-refractivity contribution < 1.29 is 9.53 Å². The molecule has 5 heteroatoms. The summed E-state index contributed by atoms with van der Waals surface area (Å²) in [7, 11) is -1.78. The topological polar surface area (TPSA) is 50.7 Å². The summed E-state index contributed by atoms with van der Waals surface area (Å²) in [4.78, 5) is 13.3. The smallest absolute Gasteiger partial charge is 0.339 e. The lowest BCUT2D eigenvalue weighted by Gasteiger charge is -2.36. The number of hydrazone groups is 1. The first-order valence-corrected chi connectivity index (χ1v) is 12.5. The molecule has 2 atom stereocenters. The van der Waals surface area contributed by atoms with Crippen LogP contribution in [0, 0.1) is 0 Å². The molecule has 0 aromatic heterocycles. The molecule has 2 aromatic rings. The predicted octanol–water partition coefficient (Wildman–Crippen LogP) is 4.07. The van der Waals surface area contributed by atoms with Crippen LogP contribution in [0.25, 0.3) is 0 Å². The molecular formula is C21H26N2O2Si. The minimum atomic E-state index is -1.78. The second-order valence-corrected chi connectivity index (χ2v) is 12.6. The summed E-state index contributed by atoms with van der Waals surface area (Å²) in [6.07, 6.45) is 0. The Balaban J connectivity index is 2.24. The molecule has 0 saturated heterocycles. The summed E-state index contributed by atoms with van der Waals surface area (Å²) >= 11 is 0. The number of nitrogens with zero attached hydrogens (tertiary/aromatic N) is 1. The molecule has 0 bridgehead atoms. The van der Waals surface area contributed by atoms with Crippen molar-refractivity contribution in [1.29, 1.82) is 0 Å². The number of hydrogen-bond donors (Lipinski definition) is 1. The van der Waals surface area contributed by atoms with Crippen molar-refractivity contribution in [3.05, 3.63) is 71.8 Å². The molecule has 1 heterocycles. The lowest BCUT2D eigenvalue weighted by molar-refractivity contribution is -0.151. The molecule has 0 spiro atoms. The van der Waals surface area contributed by atoms with Gasteiger partial charge in [0.2, 0.25) is 0 Å². The van der Waals surface area contributed by atoms with Gasteiger partial charge >= 0.3 is 5.97 Å². The van der Waals surface area contributed by atoms with E-state index < -0.39 is 13.6 Å². The minimum absolute atomic E-state index is 0.184. The Labute approximate surface area is 156 Å². The van der Waals surface area contributed by atoms with Gasteiger partial charge in [-0.1, -0.05) is 80.3 Å². The number of benzene rings is 2. The third-order valence-corrected chi connectivity index (χ3v) is 6.72. The van der Waals surface area contributed by atoms with Crippen LogP contribution in [0.3, 0.4) is 0 Å². The molecule has 4 nitrogen and oxygen atoms in total. The van der Waals surface area contributed by atoms with E-state index in [1.165, 1.54) is 0 Å². The summed E-state index contributed by atoms with van der Waals surface area (Å²) in [5.74, 6) is -0.464. The van der Waals surface area contributed by atoms with Gasteiger partial charge in [0.1, 0.15) is 0 Å². The van der Waals surface area contributed by atoms with Gasteiger partial charge in [0.15, 0.2) is 5.54 Å². The van der Waals surface area contributed by atoms with E-state index in [0.717, 1.165) is 16.5 Å². The Hall–Kier alpha value is -2.40. The van der Waals surface area contributed by atoms with Gasteiger partial charge in [-0.25, -0.2) is 4.79 Å². The van der Waals surface area contributed by atoms with Crippen molar-refractivity contribution >= 4 is 19.4 Å². The highest BCUT2D eigenvalue weighted by atomic mass is 28.3. The van der Waals surface area contributed by atoms with Gasteiger partial charge in [-0.15, -0.1) is 0 Å². The molecule has 0 aliphatic carbocycles. The van der Waals surface area contributed by atoms with Gasteiger partial charge in [0.25, 0.3) is 0 Å². The zero-order chi connectivity index (χ0) is 18.8. The van der Waals surface area contributed by atoms with E-state index in [1.807, 2.05) is 55.5 Å². The van der Waals surface area contributed by atoms with E-state index >= 15 is 0 Å². The van der Waals surface area contributed by atoms with Gasteiger partial charge in [-0.05, 0) is 18.1 Å². The summed E-state index contributed by atoms with van der Waals surface area (Å²) in [6.45, 7) is 8.95. The van der Waals surface area contributed by atoms with E-state index in [0.29, 0.717) is 6.61 Å². The number of nitrogens with one attached hydrogen (secondary N) is 1. The Bertz CT molecular complexity index is 800. The van der Waals surface area contributed by atoms with Crippen LogP contribution in [-0.4, -0.2) is 26.0 Å². The fourth-order valence-electron chi connectivity index (χ4n) is 3.60. The standard InChI is InChI=1S/C21H26N2O2Si/c1-5-25-20(24)21(17-14-10-7-11-15-17)18(16-12-8-6-9-13-16)19(22-23-21)26(2,3)4/h6-15,18,23H,5H2,1-4H3/t18-,21?/m1/s1. The molecule has 1 N–H and O–H groups in total. The molecule has 0 saturated carbocycles. The zero-order valence-electron chi connectivity index (χ0n) is 15.8. The van der Waals surface area contributed by atoms with Crippen LogP contribution in [0.2, 0.25) is 19.6 Å². The molecule has 0 fully saturated rings. The predicted molar refractivity (Wildman–Crippen MR) is 108 cm³/mol. The third kappa shape index (κ3) is 3.07. The molecule has 1 unspecified atom stereocenters. The van der Waals surface area contributed by atoms with E-state index in [9.17, 15) is 4.79 Å². The lowest BCUT2D eigenvalue weighted by atomic mass is 9.76. The lowest BCUT2D eigenvalue weighted by Crippen LogP contribution is -2.52. The highest BCUT2D eigenvalue weighted by Crippen LogP contribution is 2.44. The largest absolute Gasteiger partial charge is 0.464 e. The summed E-state index contributed by atoms with van der Waals surface area (Å²) in [6, 6.07) is 20.0. The molecule has 1 aliphatic rings. The average molecular weight is 367 g/mol. The number of ether oxygens (including phenoxy) is 1. The Morgan fingerprint density at radius 3 is 2.19 bits per heavy atom. The van der Waals surface area contributed by atoms with E-state index in [4.69, 9.17) is 9.84 Å². The molecule has 2 aromatic carbocycles. The number of esters is 1. The van der Waals surface area contributed by atoms with Crippen molar-refractivity contribution in [2.45, 2.75) is 38.0 Å². The first kappa shape index (κ1) is 18.4. The summed E-state index contributed by atoms with van der Waals surface area (Å²) in [5, 5.41) is 5.81. The second kappa shape index (κ2) is 7.07. The Morgan fingerprint density at radius 1 is 1.08 bits per heavy atom. The normalized spacial score (nSPS) is 22.5. The highest BCUT2D eigenvalue weighted by molar-refractivity contribution is 7.05. The van der Waals surface area contributed by atoms with Crippen LogP contribution in [0.4, 0.5) is 0 Å². The number of hydrogen-bond acceptors (Lipinski definition) is 4. The maximum Gasteiger partial charge on any atom is 0.339 e. The van der Waals surface area contributed by atoms with Crippen molar-refractivity contribution in [1.82, 2.24) is 5.43 Å². The first-order chi connectivity index (χ1) is 12.4. The first-order valence-electron chi connectivity index (χ1n) is 9.04. The van der Waals surface area contributed by atoms with Crippen LogP contribution in [0.5, 0.6) is 0 Å². The molecule has 0 radical (unpaired) electrons. The van der Waals surface area contributed by atoms with Gasteiger partial charge < -0.3 is 4.74 Å². The van der Waals surface area contributed by atoms with Crippen LogP contribution in [-0.2, 0) is 15.1 Å². The van der Waals surface area contributed by atoms with E-state index in [1.54, 1.807) is 0 Å². The Morgan fingerprint density at radius 2 is 1.65 bits per heavy atom. The molecule has 0 amide bonds. The highest BCUT2D eigenvalue weighted by Gasteiger charge is 2.57. The van der Waals surface area contributed by atoms with Crippen LogP contribution in [0.1, 0.15) is 24.0 Å². The molecule has 136 valence electrons. The molecule has 3 rings (SSSR count). The van der Waals surface area contributed by atoms with Gasteiger partial charge in [0, 0.05) is 5.33 Å². The van der Waals surface area contributed by atoms with Crippen molar-refractivity contribution in [3.63, 3.8) is 0 Å². The van der Waals surface area contributed by atoms with Gasteiger partial charge in [-0.3, -0.25) is 5.43 Å². The maximum absolute atomic E-state index is 13.3. The minimum Gasteiger partial charge on any atom is -0.464 e. The van der Waals surface area contributed by atoms with Crippen molar-refractivity contribution in [2.24, 2.45) is 5.10 Å². The van der Waals surface area contributed by atoms with Crippen LogP contribution < -0.4 is 5.43 Å². The summed E-state index contributed by atoms with van der Waals surface area (Å²) in [5.41, 5.74) is 4.15. The SMILES string of the molecule is CCOC(=O)C1(c2ccccc2)NN=C([Si](C)(C)C)[C@H]1c1ccccc1. The average Bonchev–Trinajstić information content (AvgIpc) is 3.05. The quantitative estimate of drug-likeness (QED) is 0.641. The number of carbonyl (C=O) groups excluding carboxylic acids is 1. The molecular weight excluding hydrogens is 340 g/mol. The monoisotopic (exact) mass is 366 g/mol. The fourth-order valence-corrected chi connectivity index (χ4v) is 5.24. The molecule has 1 aliphatic heterocycles. The van der Waals surface area contributed by atoms with E-state index in [-0.39, 0.29) is 11.9 Å². The number of carbonyl (C=O) groups is 1. The maximum atomic E-state index is 13.3. The summed E-state index contributed by atoms with van der Waals surface area (Å²) < 4.78 is 5.54. The second-order valence-electron chi connectivity index (χ2n) is 7.60. The van der Waals surface area contributed by atoms with E-state index in [2.05, 4.69) is 37.2 Å². The molecule has 26 heavy (non-hydrogen) atoms. The number of rotatable bonds is 5. The van der Waals surface area contributed by atoms with Crippen LogP contribution in [0.15, 0.2) is 65.8 Å². The van der Waals surface area contributed by atoms with Gasteiger partial charge in [-0.2, -0.15) is 5.10 Å². The fraction of sp³-hybridized carbons (Fsp3) is 0.333. The van der Waals surface area contributed by atoms with Crippen molar-refractivity contribution in [2.75, 3.05) is 6.61 Å². The Kier molecular flexibility index (Phi) is 5.00. The third-order valence-electron chi connectivity index (χ3n) is 4.79. The zero-order valence-corrected chi connectivity index (χ0v) is 16.8. The van der Waals surface area contributed by atoms with Gasteiger partial charge in [0.05, 0.1) is 20.6 Å². The van der Waals surface area contributed by atoms with Crippen LogP contribution >= 0.6 is 0 Å². The van der Waals surface area contributed by atoms with Crippen molar-refractivity contribution in [3.8, 4) is 0 Å².